The molecule has 0 radical (unpaired) electrons. The molecule has 2 aromatic rings. The minimum absolute atomic E-state index is 0.124. The van der Waals surface area contributed by atoms with Gasteiger partial charge in [-0.2, -0.15) is 0 Å². The van der Waals surface area contributed by atoms with Crippen LogP contribution in [0.3, 0.4) is 0 Å². The van der Waals surface area contributed by atoms with Crippen LogP contribution in [0.4, 0.5) is 0 Å². The van der Waals surface area contributed by atoms with E-state index in [0.717, 1.165) is 22.6 Å². The van der Waals surface area contributed by atoms with Crippen LogP contribution in [0, 0.1) is 0 Å². The highest BCUT2D eigenvalue weighted by Crippen LogP contribution is 2.23. The van der Waals surface area contributed by atoms with E-state index in [2.05, 4.69) is 0 Å². The molecule has 7 nitrogen and oxygen atoms in total. The zero-order valence-electron chi connectivity index (χ0n) is 16.1. The Kier molecular flexibility index (Phi) is 6.37. The van der Waals surface area contributed by atoms with Gasteiger partial charge in [-0.1, -0.05) is 36.4 Å². The highest BCUT2D eigenvalue weighted by Gasteiger charge is 2.37. The van der Waals surface area contributed by atoms with Gasteiger partial charge in [0.15, 0.2) is 0 Å². The maximum absolute atomic E-state index is 12.3. The van der Waals surface area contributed by atoms with Crippen molar-refractivity contribution in [3.8, 4) is 0 Å². The summed E-state index contributed by atoms with van der Waals surface area (Å²) in [6.45, 7) is 0.124. The molecule has 0 saturated heterocycles. The zero-order valence-corrected chi connectivity index (χ0v) is 17.1. The van der Waals surface area contributed by atoms with Gasteiger partial charge in [0.1, 0.15) is 6.61 Å². The zero-order chi connectivity index (χ0) is 20.1. The van der Waals surface area contributed by atoms with Crippen molar-refractivity contribution in [3.05, 3.63) is 70.8 Å². The Morgan fingerprint density at radius 3 is 1.79 bits per heavy atom. The first kappa shape index (κ1) is 20.4. The van der Waals surface area contributed by atoms with Crippen molar-refractivity contribution in [2.24, 2.45) is 0 Å². The van der Waals surface area contributed by atoms with Gasteiger partial charge in [-0.3, -0.25) is 14.4 Å². The summed E-state index contributed by atoms with van der Waals surface area (Å²) >= 11 is 0. The number of aryl methyl sites for hydroxylation is 1. The Balaban J connectivity index is 1.57. The number of carbonyl (C=O) groups excluding carboxylic acids is 2. The molecular weight excluding hydrogens is 378 g/mol. The first-order valence-electron chi connectivity index (χ1n) is 8.87. The number of hydrogen-bond donors (Lipinski definition) is 0. The van der Waals surface area contributed by atoms with E-state index in [-0.39, 0.29) is 6.61 Å². The number of nitrogens with zero attached hydrogens (tertiary/aromatic N) is 1. The van der Waals surface area contributed by atoms with Crippen molar-refractivity contribution in [1.82, 2.24) is 5.06 Å². The molecule has 28 heavy (non-hydrogen) atoms. The van der Waals surface area contributed by atoms with Gasteiger partial charge in [0.2, 0.25) is 0 Å². The molecule has 8 heteroatoms. The van der Waals surface area contributed by atoms with Crippen molar-refractivity contribution in [1.29, 1.82) is 0 Å². The third-order valence-corrected chi connectivity index (χ3v) is 7.52. The van der Waals surface area contributed by atoms with E-state index in [1.165, 1.54) is 0 Å². The molecule has 0 aliphatic carbocycles. The van der Waals surface area contributed by atoms with Gasteiger partial charge >= 0.3 is 8.80 Å². The third kappa shape index (κ3) is 4.06. The number of carbonyl (C=O) groups is 2. The lowest BCUT2D eigenvalue weighted by Crippen LogP contribution is -2.43. The van der Waals surface area contributed by atoms with Gasteiger partial charge in [0.25, 0.3) is 11.8 Å². The number of rotatable bonds is 9. The van der Waals surface area contributed by atoms with Gasteiger partial charge in [-0.15, -0.1) is 5.06 Å². The molecule has 2 amide bonds. The summed E-state index contributed by atoms with van der Waals surface area (Å²) in [5, 5.41) is 0.828. The first-order valence-corrected chi connectivity index (χ1v) is 10.8. The fourth-order valence-electron chi connectivity index (χ4n) is 3.08. The second-order valence-corrected chi connectivity index (χ2v) is 9.43. The summed E-state index contributed by atoms with van der Waals surface area (Å²) in [5.41, 5.74) is 2.69. The van der Waals surface area contributed by atoms with Gasteiger partial charge in [-0.05, 0) is 29.7 Å². The lowest BCUT2D eigenvalue weighted by molar-refractivity contribution is -0.101. The quantitative estimate of drug-likeness (QED) is 0.475. The average molecular weight is 401 g/mol. The number of imide groups is 1. The van der Waals surface area contributed by atoms with E-state index in [4.69, 9.17) is 18.1 Å². The Hall–Kier alpha value is -2.36. The van der Waals surface area contributed by atoms with E-state index < -0.39 is 20.6 Å². The lowest BCUT2D eigenvalue weighted by atomic mass is 10.1. The smallest absolute Gasteiger partial charge is 0.377 e. The van der Waals surface area contributed by atoms with E-state index in [1.54, 1.807) is 45.6 Å². The van der Waals surface area contributed by atoms with Gasteiger partial charge in [0.05, 0.1) is 11.1 Å². The highest BCUT2D eigenvalue weighted by atomic mass is 28.4. The maximum Gasteiger partial charge on any atom is 0.500 e. The first-order chi connectivity index (χ1) is 13.5. The van der Waals surface area contributed by atoms with Crippen molar-refractivity contribution in [2.45, 2.75) is 19.1 Å². The van der Waals surface area contributed by atoms with Crippen LogP contribution in [-0.2, 0) is 31.1 Å². The summed E-state index contributed by atoms with van der Waals surface area (Å²) < 4.78 is 16.3. The number of amides is 2. The van der Waals surface area contributed by atoms with Crippen LogP contribution in [0.25, 0.3) is 0 Å². The number of hydrogen-bond acceptors (Lipinski definition) is 6. The van der Waals surface area contributed by atoms with Crippen LogP contribution in [0.5, 0.6) is 0 Å². The Bertz CT molecular complexity index is 807. The van der Waals surface area contributed by atoms with Gasteiger partial charge < -0.3 is 13.3 Å². The summed E-state index contributed by atoms with van der Waals surface area (Å²) in [6.07, 6.45) is 0.751. The SMILES string of the molecule is CO[Si](CCc1ccc(CON2C(=O)c3ccccc3C2=O)cc1)(OC)OC. The normalized spacial score (nSPS) is 13.9. The summed E-state index contributed by atoms with van der Waals surface area (Å²) in [7, 11) is 2.19. The molecule has 0 spiro atoms. The molecule has 1 aliphatic rings. The van der Waals surface area contributed by atoms with Crippen molar-refractivity contribution >= 4 is 20.6 Å². The van der Waals surface area contributed by atoms with Crippen LogP contribution in [0.1, 0.15) is 31.8 Å². The predicted molar refractivity (Wildman–Crippen MR) is 103 cm³/mol. The molecule has 0 bridgehead atoms. The summed E-state index contributed by atoms with van der Waals surface area (Å²) in [6, 6.07) is 15.1. The molecule has 2 aromatic carbocycles. The molecule has 0 saturated carbocycles. The van der Waals surface area contributed by atoms with E-state index in [1.807, 2.05) is 24.3 Å². The molecule has 148 valence electrons. The van der Waals surface area contributed by atoms with E-state index in [9.17, 15) is 9.59 Å². The minimum atomic E-state index is -2.60. The highest BCUT2D eigenvalue weighted by molar-refractivity contribution is 6.60. The molecular formula is C20H23NO6Si. The van der Waals surface area contributed by atoms with Crippen LogP contribution in [0.2, 0.25) is 6.04 Å². The summed E-state index contributed by atoms with van der Waals surface area (Å²) in [5.74, 6) is -0.866. The number of hydroxylamine groups is 2. The minimum Gasteiger partial charge on any atom is -0.377 e. The number of benzene rings is 2. The Morgan fingerprint density at radius 1 is 0.786 bits per heavy atom. The van der Waals surface area contributed by atoms with Crippen molar-refractivity contribution in [2.75, 3.05) is 21.3 Å². The fourth-order valence-corrected chi connectivity index (χ4v) is 4.79. The van der Waals surface area contributed by atoms with Crippen molar-refractivity contribution in [3.63, 3.8) is 0 Å². The number of fused-ring (bicyclic) bond motifs is 1. The molecule has 0 atom stereocenters. The standard InChI is InChI=1S/C20H23NO6Si/c1-24-28(25-2,26-3)13-12-15-8-10-16(11-9-15)14-27-21-19(22)17-6-4-5-7-18(17)20(21)23/h4-11H,12-14H2,1-3H3. The predicted octanol–water partition coefficient (Wildman–Crippen LogP) is 2.84. The molecule has 0 aromatic heterocycles. The fraction of sp³-hybridized carbons (Fsp3) is 0.300. The lowest BCUT2D eigenvalue weighted by Gasteiger charge is -2.24. The maximum atomic E-state index is 12.3. The molecule has 0 fully saturated rings. The van der Waals surface area contributed by atoms with Crippen LogP contribution >= 0.6 is 0 Å². The molecule has 0 N–H and O–H groups in total. The molecule has 1 aliphatic heterocycles. The Morgan fingerprint density at radius 2 is 1.29 bits per heavy atom. The van der Waals surface area contributed by atoms with E-state index >= 15 is 0 Å². The van der Waals surface area contributed by atoms with Gasteiger partial charge in [-0.25, -0.2) is 0 Å². The largest absolute Gasteiger partial charge is 0.500 e. The van der Waals surface area contributed by atoms with Crippen molar-refractivity contribution < 1.29 is 27.7 Å². The second kappa shape index (κ2) is 8.76. The monoisotopic (exact) mass is 401 g/mol. The third-order valence-electron chi connectivity index (χ3n) is 4.79. The molecule has 0 unspecified atom stereocenters. The molecule has 1 heterocycles. The average Bonchev–Trinajstić information content (AvgIpc) is 2.99. The Labute approximate surface area is 165 Å². The van der Waals surface area contributed by atoms with E-state index in [0.29, 0.717) is 17.2 Å². The van der Waals surface area contributed by atoms with Gasteiger partial charge in [0, 0.05) is 27.4 Å². The topological polar surface area (TPSA) is 74.3 Å². The summed E-state index contributed by atoms with van der Waals surface area (Å²) in [4.78, 5) is 30.1. The molecule has 3 rings (SSSR count). The second-order valence-electron chi connectivity index (χ2n) is 6.34. The van der Waals surface area contributed by atoms with Crippen LogP contribution in [0.15, 0.2) is 48.5 Å². The van der Waals surface area contributed by atoms with Crippen LogP contribution < -0.4 is 0 Å². The van der Waals surface area contributed by atoms with Crippen LogP contribution in [-0.4, -0.2) is 47.0 Å².